The summed E-state index contributed by atoms with van der Waals surface area (Å²) in [6.07, 6.45) is 3.79. The Morgan fingerprint density at radius 2 is 1.74 bits per heavy atom. The van der Waals surface area contributed by atoms with Crippen LogP contribution in [0.3, 0.4) is 0 Å². The molecule has 0 atom stereocenters. The fourth-order valence-corrected chi connectivity index (χ4v) is 1.77. The van der Waals surface area contributed by atoms with Crippen LogP contribution < -0.4 is 5.32 Å². The molecule has 0 aliphatic rings. The monoisotopic (exact) mass is 254 g/mol. The molecule has 4 nitrogen and oxygen atoms in total. The Balaban J connectivity index is 2.29. The molecular formula is C15H14N2O2. The maximum atomic E-state index is 10.9. The first-order valence-electron chi connectivity index (χ1n) is 5.90. The van der Waals surface area contributed by atoms with Gasteiger partial charge in [0.1, 0.15) is 5.69 Å². The maximum absolute atomic E-state index is 10.9. The lowest BCUT2D eigenvalue weighted by Gasteiger charge is -2.02. The predicted molar refractivity (Wildman–Crippen MR) is 78.0 cm³/mol. The molecular weight excluding hydrogens is 240 g/mol. The minimum atomic E-state index is -0.383. The average Bonchev–Trinajstić information content (AvgIpc) is 2.46. The summed E-state index contributed by atoms with van der Waals surface area (Å²) in [5, 5.41) is 13.8. The van der Waals surface area contributed by atoms with Gasteiger partial charge in [0.15, 0.2) is 0 Å². The van der Waals surface area contributed by atoms with Gasteiger partial charge in [-0.1, -0.05) is 48.6 Å². The SMILES string of the molecule is CNc1ccc(/C=C/c2ccccc2)cc1[N+](=O)[O-]. The summed E-state index contributed by atoms with van der Waals surface area (Å²) in [4.78, 5) is 10.6. The normalized spacial score (nSPS) is 10.6. The van der Waals surface area contributed by atoms with Gasteiger partial charge in [0.2, 0.25) is 0 Å². The molecule has 0 saturated heterocycles. The van der Waals surface area contributed by atoms with E-state index in [0.29, 0.717) is 5.69 Å². The van der Waals surface area contributed by atoms with Crippen molar-refractivity contribution in [3.8, 4) is 0 Å². The van der Waals surface area contributed by atoms with Crippen molar-refractivity contribution >= 4 is 23.5 Å². The summed E-state index contributed by atoms with van der Waals surface area (Å²) < 4.78 is 0. The van der Waals surface area contributed by atoms with E-state index < -0.39 is 0 Å². The van der Waals surface area contributed by atoms with E-state index in [4.69, 9.17) is 0 Å². The third kappa shape index (κ3) is 3.19. The highest BCUT2D eigenvalue weighted by Crippen LogP contribution is 2.25. The van der Waals surface area contributed by atoms with Crippen LogP contribution in [0.4, 0.5) is 11.4 Å². The topological polar surface area (TPSA) is 55.2 Å². The minimum absolute atomic E-state index is 0.0812. The first-order valence-corrected chi connectivity index (χ1v) is 5.90. The van der Waals surface area contributed by atoms with Crippen LogP contribution in [0.1, 0.15) is 11.1 Å². The zero-order valence-corrected chi connectivity index (χ0v) is 10.5. The molecule has 0 fully saturated rings. The van der Waals surface area contributed by atoms with Gasteiger partial charge in [-0.25, -0.2) is 0 Å². The van der Waals surface area contributed by atoms with Crippen molar-refractivity contribution in [2.75, 3.05) is 12.4 Å². The highest BCUT2D eigenvalue weighted by molar-refractivity contribution is 5.73. The molecule has 0 unspecified atom stereocenters. The Kier molecular flexibility index (Phi) is 3.93. The summed E-state index contributed by atoms with van der Waals surface area (Å²) >= 11 is 0. The molecule has 0 heterocycles. The number of nitrogens with zero attached hydrogens (tertiary/aromatic N) is 1. The van der Waals surface area contributed by atoms with Gasteiger partial charge >= 0.3 is 0 Å². The Hall–Kier alpha value is -2.62. The van der Waals surface area contributed by atoms with Crippen LogP contribution in [-0.4, -0.2) is 12.0 Å². The molecule has 0 aromatic heterocycles. The molecule has 0 bridgehead atoms. The first kappa shape index (κ1) is 12.8. The Morgan fingerprint density at radius 3 is 2.37 bits per heavy atom. The molecule has 0 amide bonds. The third-order valence-corrected chi connectivity index (χ3v) is 2.76. The first-order chi connectivity index (χ1) is 9.20. The van der Waals surface area contributed by atoms with Crippen molar-refractivity contribution in [3.63, 3.8) is 0 Å². The second-order valence-corrected chi connectivity index (χ2v) is 4.03. The zero-order chi connectivity index (χ0) is 13.7. The summed E-state index contributed by atoms with van der Waals surface area (Å²) in [5.41, 5.74) is 2.46. The van der Waals surface area contributed by atoms with E-state index in [-0.39, 0.29) is 10.6 Å². The number of rotatable bonds is 4. The van der Waals surface area contributed by atoms with Crippen molar-refractivity contribution in [1.82, 2.24) is 0 Å². The fourth-order valence-electron chi connectivity index (χ4n) is 1.77. The van der Waals surface area contributed by atoms with Gasteiger partial charge in [0, 0.05) is 13.1 Å². The Morgan fingerprint density at radius 1 is 1.05 bits per heavy atom. The Labute approximate surface area is 111 Å². The standard InChI is InChI=1S/C15H14N2O2/c1-16-14-10-9-13(11-15(14)17(18)19)8-7-12-5-3-2-4-6-12/h2-11,16H,1H3/b8-7+. The second kappa shape index (κ2) is 5.82. The van der Waals surface area contributed by atoms with Gasteiger partial charge in [-0.05, 0) is 17.2 Å². The molecule has 96 valence electrons. The van der Waals surface area contributed by atoms with Gasteiger partial charge in [0.05, 0.1) is 4.92 Å². The smallest absolute Gasteiger partial charge is 0.292 e. The van der Waals surface area contributed by atoms with E-state index in [9.17, 15) is 10.1 Å². The number of hydrogen-bond acceptors (Lipinski definition) is 3. The number of benzene rings is 2. The molecule has 4 heteroatoms. The van der Waals surface area contributed by atoms with Crippen LogP contribution in [0, 0.1) is 10.1 Å². The van der Waals surface area contributed by atoms with Crippen LogP contribution in [-0.2, 0) is 0 Å². The summed E-state index contributed by atoms with van der Waals surface area (Å²) in [6, 6.07) is 14.9. The number of anilines is 1. The number of hydrogen-bond donors (Lipinski definition) is 1. The third-order valence-electron chi connectivity index (χ3n) is 2.76. The minimum Gasteiger partial charge on any atom is -0.383 e. The summed E-state index contributed by atoms with van der Waals surface area (Å²) in [7, 11) is 1.67. The quantitative estimate of drug-likeness (QED) is 0.513. The number of nitro groups is 1. The summed E-state index contributed by atoms with van der Waals surface area (Å²) in [5.74, 6) is 0. The van der Waals surface area contributed by atoms with Gasteiger partial charge < -0.3 is 5.32 Å². The van der Waals surface area contributed by atoms with E-state index >= 15 is 0 Å². The number of nitro benzene ring substituents is 1. The van der Waals surface area contributed by atoms with E-state index in [0.717, 1.165) is 11.1 Å². The van der Waals surface area contributed by atoms with Crippen LogP contribution in [0.15, 0.2) is 48.5 Å². The van der Waals surface area contributed by atoms with Crippen molar-refractivity contribution < 1.29 is 4.92 Å². The lowest BCUT2D eigenvalue weighted by Crippen LogP contribution is -1.96. The Bertz CT molecular complexity index is 607. The second-order valence-electron chi connectivity index (χ2n) is 4.03. The van der Waals surface area contributed by atoms with E-state index in [2.05, 4.69) is 5.32 Å². The highest BCUT2D eigenvalue weighted by Gasteiger charge is 2.12. The molecule has 0 aliphatic carbocycles. The van der Waals surface area contributed by atoms with Gasteiger partial charge in [-0.15, -0.1) is 0 Å². The molecule has 0 spiro atoms. The van der Waals surface area contributed by atoms with E-state index in [1.807, 2.05) is 48.6 Å². The molecule has 2 aromatic carbocycles. The predicted octanol–water partition coefficient (Wildman–Crippen LogP) is 3.81. The average molecular weight is 254 g/mol. The van der Waals surface area contributed by atoms with E-state index in [1.54, 1.807) is 19.2 Å². The lowest BCUT2D eigenvalue weighted by molar-refractivity contribution is -0.383. The summed E-state index contributed by atoms with van der Waals surface area (Å²) in [6.45, 7) is 0. The number of nitrogens with one attached hydrogen (secondary N) is 1. The van der Waals surface area contributed by atoms with Crippen LogP contribution in [0.25, 0.3) is 12.2 Å². The van der Waals surface area contributed by atoms with Gasteiger partial charge in [-0.3, -0.25) is 10.1 Å². The molecule has 1 N–H and O–H groups in total. The fraction of sp³-hybridized carbons (Fsp3) is 0.0667. The molecule has 2 aromatic rings. The highest BCUT2D eigenvalue weighted by atomic mass is 16.6. The largest absolute Gasteiger partial charge is 0.383 e. The lowest BCUT2D eigenvalue weighted by atomic mass is 10.1. The van der Waals surface area contributed by atoms with Crippen LogP contribution >= 0.6 is 0 Å². The van der Waals surface area contributed by atoms with Crippen molar-refractivity contribution in [3.05, 3.63) is 69.8 Å². The van der Waals surface area contributed by atoms with Crippen molar-refractivity contribution in [1.29, 1.82) is 0 Å². The molecule has 0 radical (unpaired) electrons. The van der Waals surface area contributed by atoms with Crippen LogP contribution in [0.2, 0.25) is 0 Å². The van der Waals surface area contributed by atoms with Crippen molar-refractivity contribution in [2.24, 2.45) is 0 Å². The maximum Gasteiger partial charge on any atom is 0.292 e. The molecule has 0 aliphatic heterocycles. The van der Waals surface area contributed by atoms with Crippen molar-refractivity contribution in [2.45, 2.75) is 0 Å². The van der Waals surface area contributed by atoms with Crippen LogP contribution in [0.5, 0.6) is 0 Å². The molecule has 19 heavy (non-hydrogen) atoms. The molecule has 2 rings (SSSR count). The molecule has 0 saturated carbocycles. The zero-order valence-electron chi connectivity index (χ0n) is 10.5. The van der Waals surface area contributed by atoms with E-state index in [1.165, 1.54) is 0 Å². The van der Waals surface area contributed by atoms with Gasteiger partial charge in [0.25, 0.3) is 5.69 Å². The van der Waals surface area contributed by atoms with Gasteiger partial charge in [-0.2, -0.15) is 0 Å².